The summed E-state index contributed by atoms with van der Waals surface area (Å²) in [7, 11) is 0. The maximum absolute atomic E-state index is 12.1. The van der Waals surface area contributed by atoms with E-state index in [9.17, 15) is 13.2 Å². The van der Waals surface area contributed by atoms with Crippen LogP contribution >= 0.6 is 15.9 Å². The molecule has 1 aromatic heterocycles. The van der Waals surface area contributed by atoms with Crippen LogP contribution in [-0.4, -0.2) is 16.3 Å². The molecule has 0 atom stereocenters. The highest BCUT2D eigenvalue weighted by Gasteiger charge is 2.31. The maximum atomic E-state index is 12.1. The second-order valence-corrected chi connectivity index (χ2v) is 4.69. The molecule has 0 saturated heterocycles. The van der Waals surface area contributed by atoms with E-state index in [1.165, 1.54) is 18.2 Å². The molecule has 106 valence electrons. The molecule has 0 bridgehead atoms. The summed E-state index contributed by atoms with van der Waals surface area (Å²) in [6.45, 7) is 0.288. The van der Waals surface area contributed by atoms with E-state index in [0.717, 1.165) is 4.47 Å². The number of halogens is 4. The molecule has 0 unspecified atom stereocenters. The molecule has 0 aliphatic carbocycles. The Morgan fingerprint density at radius 1 is 1.20 bits per heavy atom. The van der Waals surface area contributed by atoms with Crippen molar-refractivity contribution in [2.24, 2.45) is 0 Å². The van der Waals surface area contributed by atoms with Crippen molar-refractivity contribution < 1.29 is 17.9 Å². The number of nitrogens with zero attached hydrogens (tertiary/aromatic N) is 2. The van der Waals surface area contributed by atoms with E-state index in [1.54, 1.807) is 18.5 Å². The first-order chi connectivity index (χ1) is 9.42. The molecule has 1 N–H and O–H groups in total. The minimum Gasteiger partial charge on any atom is -0.406 e. The number of aromatic nitrogens is 2. The fourth-order valence-corrected chi connectivity index (χ4v) is 1.64. The van der Waals surface area contributed by atoms with Gasteiger partial charge in [0.05, 0.1) is 4.47 Å². The van der Waals surface area contributed by atoms with Crippen LogP contribution in [0.1, 0.15) is 5.56 Å². The number of rotatable bonds is 4. The Balaban J connectivity index is 1.99. The molecule has 0 saturated carbocycles. The fraction of sp³-hybridized carbons (Fsp3) is 0.167. The first-order valence-electron chi connectivity index (χ1n) is 5.48. The smallest absolute Gasteiger partial charge is 0.406 e. The Kier molecular flexibility index (Phi) is 4.43. The van der Waals surface area contributed by atoms with Gasteiger partial charge < -0.3 is 10.1 Å². The summed E-state index contributed by atoms with van der Waals surface area (Å²) in [5.41, 5.74) is 0.623. The molecular weight excluding hydrogens is 339 g/mol. The first-order valence-corrected chi connectivity index (χ1v) is 6.28. The van der Waals surface area contributed by atoms with Crippen molar-refractivity contribution in [2.45, 2.75) is 12.9 Å². The zero-order valence-corrected chi connectivity index (χ0v) is 11.6. The van der Waals surface area contributed by atoms with E-state index in [-0.39, 0.29) is 12.3 Å². The maximum Gasteiger partial charge on any atom is 0.573 e. The number of nitrogens with one attached hydrogen (secondary N) is 1. The Morgan fingerprint density at radius 3 is 2.55 bits per heavy atom. The lowest BCUT2D eigenvalue weighted by Crippen LogP contribution is -2.17. The van der Waals surface area contributed by atoms with Gasteiger partial charge in [-0.1, -0.05) is 12.1 Å². The van der Waals surface area contributed by atoms with Crippen molar-refractivity contribution in [1.82, 2.24) is 9.97 Å². The summed E-state index contributed by atoms with van der Waals surface area (Å²) in [6, 6.07) is 5.71. The molecule has 20 heavy (non-hydrogen) atoms. The van der Waals surface area contributed by atoms with Crippen molar-refractivity contribution in [3.63, 3.8) is 0 Å². The average Bonchev–Trinajstić information content (AvgIpc) is 2.36. The Hall–Kier alpha value is -1.83. The van der Waals surface area contributed by atoms with E-state index in [0.29, 0.717) is 11.5 Å². The summed E-state index contributed by atoms with van der Waals surface area (Å²) in [4.78, 5) is 7.99. The van der Waals surface area contributed by atoms with E-state index >= 15 is 0 Å². The molecule has 4 nitrogen and oxygen atoms in total. The fourth-order valence-electron chi connectivity index (χ4n) is 1.44. The number of anilines is 1. The van der Waals surface area contributed by atoms with Crippen molar-refractivity contribution in [3.8, 4) is 5.75 Å². The lowest BCUT2D eigenvalue weighted by molar-refractivity contribution is -0.274. The van der Waals surface area contributed by atoms with E-state index < -0.39 is 6.36 Å². The predicted molar refractivity (Wildman–Crippen MR) is 70.2 cm³/mol. The molecule has 0 amide bonds. The third kappa shape index (κ3) is 4.69. The molecule has 0 radical (unpaired) electrons. The quantitative estimate of drug-likeness (QED) is 0.914. The third-order valence-electron chi connectivity index (χ3n) is 2.20. The van der Waals surface area contributed by atoms with Crippen LogP contribution in [0, 0.1) is 0 Å². The summed E-state index contributed by atoms with van der Waals surface area (Å²) in [5.74, 6) is 0.129. The Labute approximate surface area is 121 Å². The highest BCUT2D eigenvalue weighted by atomic mass is 79.9. The van der Waals surface area contributed by atoms with Crippen molar-refractivity contribution in [3.05, 3.63) is 46.7 Å². The van der Waals surface area contributed by atoms with Crippen LogP contribution in [0.4, 0.5) is 19.1 Å². The normalized spacial score (nSPS) is 11.2. The van der Waals surface area contributed by atoms with Gasteiger partial charge in [0.25, 0.3) is 0 Å². The van der Waals surface area contributed by atoms with E-state index in [2.05, 4.69) is 36.0 Å². The zero-order valence-electron chi connectivity index (χ0n) is 9.99. The van der Waals surface area contributed by atoms with E-state index in [4.69, 9.17) is 0 Å². The zero-order chi connectivity index (χ0) is 14.6. The molecule has 0 aliphatic heterocycles. The monoisotopic (exact) mass is 347 g/mol. The number of ether oxygens (including phenoxy) is 1. The van der Waals surface area contributed by atoms with Crippen LogP contribution in [0.25, 0.3) is 0 Å². The molecule has 1 heterocycles. The average molecular weight is 348 g/mol. The molecule has 2 aromatic rings. The molecule has 2 rings (SSSR count). The van der Waals surface area contributed by atoms with Crippen LogP contribution in [0.2, 0.25) is 0 Å². The van der Waals surface area contributed by atoms with Crippen molar-refractivity contribution in [2.75, 3.05) is 5.32 Å². The van der Waals surface area contributed by atoms with E-state index in [1.807, 2.05) is 0 Å². The van der Waals surface area contributed by atoms with Crippen LogP contribution in [-0.2, 0) is 6.54 Å². The summed E-state index contributed by atoms with van der Waals surface area (Å²) in [6.07, 6.45) is -1.56. The minimum absolute atomic E-state index is 0.256. The van der Waals surface area contributed by atoms with Gasteiger partial charge in [-0.25, -0.2) is 9.97 Å². The number of hydrogen-bond acceptors (Lipinski definition) is 4. The van der Waals surface area contributed by atoms with Crippen molar-refractivity contribution in [1.29, 1.82) is 0 Å². The van der Waals surface area contributed by atoms with Gasteiger partial charge in [-0.05, 0) is 33.6 Å². The van der Waals surface area contributed by atoms with Crippen molar-refractivity contribution >= 4 is 21.9 Å². The van der Waals surface area contributed by atoms with Gasteiger partial charge in [0.2, 0.25) is 5.95 Å². The van der Waals surface area contributed by atoms with Crippen LogP contribution in [0.3, 0.4) is 0 Å². The standard InChI is InChI=1S/C12H9BrF3N3O/c13-9-6-18-11(19-7-9)17-5-8-2-1-3-10(4-8)20-12(14,15)16/h1-4,6-7H,5H2,(H,17,18,19). The SMILES string of the molecule is FC(F)(F)Oc1cccc(CNc2ncc(Br)cn2)c1. The number of benzene rings is 1. The van der Waals surface area contributed by atoms with Crippen LogP contribution in [0.5, 0.6) is 5.75 Å². The minimum atomic E-state index is -4.69. The second-order valence-electron chi connectivity index (χ2n) is 3.77. The molecule has 0 spiro atoms. The molecule has 0 fully saturated rings. The Morgan fingerprint density at radius 2 is 1.90 bits per heavy atom. The Bertz CT molecular complexity index is 575. The molecule has 8 heteroatoms. The van der Waals surface area contributed by atoms with Crippen LogP contribution < -0.4 is 10.1 Å². The summed E-state index contributed by atoms with van der Waals surface area (Å²) >= 11 is 3.20. The third-order valence-corrected chi connectivity index (χ3v) is 2.61. The highest BCUT2D eigenvalue weighted by Crippen LogP contribution is 2.23. The number of alkyl halides is 3. The van der Waals surface area contributed by atoms with Gasteiger partial charge >= 0.3 is 6.36 Å². The van der Waals surface area contributed by atoms with Gasteiger partial charge in [-0.15, -0.1) is 13.2 Å². The van der Waals surface area contributed by atoms with Crippen LogP contribution in [0.15, 0.2) is 41.1 Å². The lowest BCUT2D eigenvalue weighted by atomic mass is 10.2. The highest BCUT2D eigenvalue weighted by molar-refractivity contribution is 9.10. The topological polar surface area (TPSA) is 47.0 Å². The summed E-state index contributed by atoms with van der Waals surface area (Å²) < 4.78 is 40.9. The summed E-state index contributed by atoms with van der Waals surface area (Å²) in [5, 5.41) is 2.90. The van der Waals surface area contributed by atoms with Gasteiger partial charge in [-0.3, -0.25) is 0 Å². The van der Waals surface area contributed by atoms with Gasteiger partial charge in [-0.2, -0.15) is 0 Å². The molecule has 1 aromatic carbocycles. The molecule has 0 aliphatic rings. The lowest BCUT2D eigenvalue weighted by Gasteiger charge is -2.10. The first kappa shape index (κ1) is 14.6. The number of hydrogen-bond donors (Lipinski definition) is 1. The van der Waals surface area contributed by atoms with Gasteiger partial charge in [0, 0.05) is 18.9 Å². The van der Waals surface area contributed by atoms with Gasteiger partial charge in [0.15, 0.2) is 0 Å². The molecular formula is C12H9BrF3N3O. The van der Waals surface area contributed by atoms with Gasteiger partial charge in [0.1, 0.15) is 5.75 Å². The second kappa shape index (κ2) is 6.08. The predicted octanol–water partition coefficient (Wildman–Crippen LogP) is 3.75. The largest absolute Gasteiger partial charge is 0.573 e.